The van der Waals surface area contributed by atoms with E-state index in [4.69, 9.17) is 4.74 Å². The van der Waals surface area contributed by atoms with Crippen LogP contribution in [0.3, 0.4) is 0 Å². The summed E-state index contributed by atoms with van der Waals surface area (Å²) < 4.78 is 5.52. The molecule has 1 aliphatic heterocycles. The van der Waals surface area contributed by atoms with Crippen molar-refractivity contribution in [3.8, 4) is 0 Å². The number of thiophene rings is 1. The Morgan fingerprint density at radius 2 is 2.57 bits per heavy atom. The van der Waals surface area contributed by atoms with Crippen LogP contribution in [0.15, 0.2) is 17.5 Å². The SMILES string of the molecule is CC1OCCC1CNCc1cccs1. The van der Waals surface area contributed by atoms with Gasteiger partial charge in [0.05, 0.1) is 6.10 Å². The highest BCUT2D eigenvalue weighted by atomic mass is 32.1. The van der Waals surface area contributed by atoms with E-state index in [1.54, 1.807) is 0 Å². The van der Waals surface area contributed by atoms with Gasteiger partial charge in [-0.3, -0.25) is 0 Å². The van der Waals surface area contributed by atoms with Crippen LogP contribution in [-0.4, -0.2) is 19.3 Å². The second kappa shape index (κ2) is 4.91. The molecular formula is C11H17NOS. The quantitative estimate of drug-likeness (QED) is 0.825. The molecule has 1 N–H and O–H groups in total. The molecule has 1 aromatic rings. The van der Waals surface area contributed by atoms with Gasteiger partial charge in [0.25, 0.3) is 0 Å². The molecule has 2 rings (SSSR count). The molecule has 0 radical (unpaired) electrons. The van der Waals surface area contributed by atoms with E-state index in [0.29, 0.717) is 12.0 Å². The van der Waals surface area contributed by atoms with Crippen molar-refractivity contribution in [2.24, 2.45) is 5.92 Å². The zero-order valence-electron chi connectivity index (χ0n) is 8.53. The number of ether oxygens (including phenoxy) is 1. The second-order valence-electron chi connectivity index (χ2n) is 3.83. The molecule has 2 heterocycles. The van der Waals surface area contributed by atoms with Gasteiger partial charge in [0.2, 0.25) is 0 Å². The Bertz CT molecular complexity index is 260. The van der Waals surface area contributed by atoms with Gasteiger partial charge in [-0.25, -0.2) is 0 Å². The standard InChI is InChI=1S/C11H17NOS/c1-9-10(4-5-13-9)7-12-8-11-3-2-6-14-11/h2-3,6,9-10,12H,4-5,7-8H2,1H3. The lowest BCUT2D eigenvalue weighted by atomic mass is 10.0. The van der Waals surface area contributed by atoms with Gasteiger partial charge in [-0.2, -0.15) is 0 Å². The van der Waals surface area contributed by atoms with Crippen molar-refractivity contribution in [1.29, 1.82) is 0 Å². The predicted molar refractivity (Wildman–Crippen MR) is 59.5 cm³/mol. The van der Waals surface area contributed by atoms with Crippen LogP contribution in [0.25, 0.3) is 0 Å². The fourth-order valence-electron chi connectivity index (χ4n) is 1.84. The molecule has 0 spiro atoms. The average Bonchev–Trinajstić information content (AvgIpc) is 2.78. The minimum absolute atomic E-state index is 0.436. The number of hydrogen-bond donors (Lipinski definition) is 1. The summed E-state index contributed by atoms with van der Waals surface area (Å²) in [7, 11) is 0. The largest absolute Gasteiger partial charge is 0.378 e. The van der Waals surface area contributed by atoms with E-state index < -0.39 is 0 Å². The van der Waals surface area contributed by atoms with Crippen molar-refractivity contribution in [2.45, 2.75) is 26.0 Å². The van der Waals surface area contributed by atoms with Crippen molar-refractivity contribution in [3.63, 3.8) is 0 Å². The van der Waals surface area contributed by atoms with Gasteiger partial charge in [-0.15, -0.1) is 11.3 Å². The maximum absolute atomic E-state index is 5.52. The monoisotopic (exact) mass is 211 g/mol. The van der Waals surface area contributed by atoms with Crippen LogP contribution in [0.1, 0.15) is 18.2 Å². The average molecular weight is 211 g/mol. The molecule has 0 aromatic carbocycles. The molecule has 2 nitrogen and oxygen atoms in total. The van der Waals surface area contributed by atoms with Gasteiger partial charge in [0.15, 0.2) is 0 Å². The third-order valence-corrected chi connectivity index (χ3v) is 3.70. The van der Waals surface area contributed by atoms with Crippen LogP contribution in [-0.2, 0) is 11.3 Å². The Morgan fingerprint density at radius 3 is 3.21 bits per heavy atom. The van der Waals surface area contributed by atoms with Crippen LogP contribution in [0, 0.1) is 5.92 Å². The molecule has 2 atom stereocenters. The van der Waals surface area contributed by atoms with Crippen molar-refractivity contribution in [2.75, 3.05) is 13.2 Å². The van der Waals surface area contributed by atoms with Gasteiger partial charge in [0, 0.05) is 24.6 Å². The number of hydrogen-bond acceptors (Lipinski definition) is 3. The molecule has 1 saturated heterocycles. The predicted octanol–water partition coefficient (Wildman–Crippen LogP) is 2.26. The lowest BCUT2D eigenvalue weighted by Gasteiger charge is -2.14. The zero-order chi connectivity index (χ0) is 9.80. The summed E-state index contributed by atoms with van der Waals surface area (Å²) in [5.74, 6) is 0.704. The Balaban J connectivity index is 1.68. The fraction of sp³-hybridized carbons (Fsp3) is 0.636. The lowest BCUT2D eigenvalue weighted by molar-refractivity contribution is 0.105. The highest BCUT2D eigenvalue weighted by Gasteiger charge is 2.23. The Hall–Kier alpha value is -0.380. The normalized spacial score (nSPS) is 26.9. The smallest absolute Gasteiger partial charge is 0.0588 e. The van der Waals surface area contributed by atoms with Gasteiger partial charge >= 0.3 is 0 Å². The van der Waals surface area contributed by atoms with Gasteiger partial charge < -0.3 is 10.1 Å². The van der Waals surface area contributed by atoms with E-state index in [0.717, 1.165) is 19.7 Å². The van der Waals surface area contributed by atoms with Gasteiger partial charge in [-0.1, -0.05) is 6.07 Å². The molecule has 14 heavy (non-hydrogen) atoms. The fourth-order valence-corrected chi connectivity index (χ4v) is 2.51. The Labute approximate surface area is 89.3 Å². The molecule has 1 fully saturated rings. The molecule has 0 amide bonds. The summed E-state index contributed by atoms with van der Waals surface area (Å²) in [6.45, 7) is 5.19. The number of nitrogens with one attached hydrogen (secondary N) is 1. The molecule has 1 aliphatic rings. The first-order chi connectivity index (χ1) is 6.86. The summed E-state index contributed by atoms with van der Waals surface area (Å²) >= 11 is 1.81. The van der Waals surface area contributed by atoms with Crippen LogP contribution in [0.4, 0.5) is 0 Å². The van der Waals surface area contributed by atoms with Crippen molar-refractivity contribution >= 4 is 11.3 Å². The number of rotatable bonds is 4. The lowest BCUT2D eigenvalue weighted by Crippen LogP contribution is -2.26. The topological polar surface area (TPSA) is 21.3 Å². The van der Waals surface area contributed by atoms with E-state index in [9.17, 15) is 0 Å². The first-order valence-corrected chi connectivity index (χ1v) is 6.09. The first-order valence-electron chi connectivity index (χ1n) is 5.21. The van der Waals surface area contributed by atoms with E-state index in [2.05, 4.69) is 29.8 Å². The highest BCUT2D eigenvalue weighted by molar-refractivity contribution is 7.09. The Kier molecular flexibility index (Phi) is 3.56. The maximum atomic E-state index is 5.52. The van der Waals surface area contributed by atoms with Crippen molar-refractivity contribution in [3.05, 3.63) is 22.4 Å². The van der Waals surface area contributed by atoms with Crippen LogP contribution < -0.4 is 5.32 Å². The van der Waals surface area contributed by atoms with Crippen LogP contribution >= 0.6 is 11.3 Å². The summed E-state index contributed by atoms with van der Waals surface area (Å²) in [5, 5.41) is 5.61. The molecule has 1 aromatic heterocycles. The van der Waals surface area contributed by atoms with Crippen LogP contribution in [0.5, 0.6) is 0 Å². The minimum Gasteiger partial charge on any atom is -0.378 e. The van der Waals surface area contributed by atoms with Gasteiger partial charge in [0.1, 0.15) is 0 Å². The second-order valence-corrected chi connectivity index (χ2v) is 4.87. The third-order valence-electron chi connectivity index (χ3n) is 2.82. The highest BCUT2D eigenvalue weighted by Crippen LogP contribution is 2.19. The summed E-state index contributed by atoms with van der Waals surface area (Å²) in [6.07, 6.45) is 1.64. The Morgan fingerprint density at radius 1 is 1.64 bits per heavy atom. The molecule has 0 aliphatic carbocycles. The van der Waals surface area contributed by atoms with E-state index in [1.165, 1.54) is 11.3 Å². The summed E-state index contributed by atoms with van der Waals surface area (Å²) in [6, 6.07) is 4.27. The molecule has 0 bridgehead atoms. The van der Waals surface area contributed by atoms with Gasteiger partial charge in [-0.05, 0) is 30.7 Å². The van der Waals surface area contributed by atoms with Crippen molar-refractivity contribution < 1.29 is 4.74 Å². The van der Waals surface area contributed by atoms with E-state index >= 15 is 0 Å². The summed E-state index contributed by atoms with van der Waals surface area (Å²) in [4.78, 5) is 1.41. The van der Waals surface area contributed by atoms with E-state index in [-0.39, 0.29) is 0 Å². The maximum Gasteiger partial charge on any atom is 0.0588 e. The molecule has 2 unspecified atom stereocenters. The zero-order valence-corrected chi connectivity index (χ0v) is 9.35. The van der Waals surface area contributed by atoms with Crippen molar-refractivity contribution in [1.82, 2.24) is 5.32 Å². The molecule has 78 valence electrons. The molecule has 3 heteroatoms. The summed E-state index contributed by atoms with van der Waals surface area (Å²) in [5.41, 5.74) is 0. The van der Waals surface area contributed by atoms with E-state index in [1.807, 2.05) is 11.3 Å². The molecule has 0 saturated carbocycles. The minimum atomic E-state index is 0.436. The van der Waals surface area contributed by atoms with Crippen LogP contribution in [0.2, 0.25) is 0 Å². The molecular weight excluding hydrogens is 194 g/mol. The third kappa shape index (κ3) is 2.56. The first kappa shape index (κ1) is 10.1.